The molecule has 0 amide bonds. The van der Waals surface area contributed by atoms with Crippen molar-refractivity contribution < 1.29 is 4.79 Å². The summed E-state index contributed by atoms with van der Waals surface area (Å²) in [7, 11) is 0. The normalized spacial score (nSPS) is 11.1. The molecule has 0 bridgehead atoms. The van der Waals surface area contributed by atoms with Crippen molar-refractivity contribution in [3.63, 3.8) is 0 Å². The van der Waals surface area contributed by atoms with E-state index in [1.165, 1.54) is 0 Å². The second-order valence-corrected chi connectivity index (χ2v) is 7.83. The monoisotopic (exact) mass is 457 g/mol. The van der Waals surface area contributed by atoms with Crippen molar-refractivity contribution in [1.29, 1.82) is 0 Å². The molecule has 1 N–H and O–H groups in total. The molecule has 2 aromatic heterocycles. The fourth-order valence-electron chi connectivity index (χ4n) is 3.39. The zero-order valence-electron chi connectivity index (χ0n) is 16.0. The van der Waals surface area contributed by atoms with Crippen molar-refractivity contribution in [3.8, 4) is 0 Å². The zero-order chi connectivity index (χ0) is 20.7. The van der Waals surface area contributed by atoms with Crippen LogP contribution in [0.2, 0.25) is 0 Å². The first-order valence-corrected chi connectivity index (χ1v) is 10.2. The predicted molar refractivity (Wildman–Crippen MR) is 120 cm³/mol. The van der Waals surface area contributed by atoms with E-state index in [4.69, 9.17) is 4.98 Å². The summed E-state index contributed by atoms with van der Waals surface area (Å²) in [6.45, 7) is 2.03. The Bertz CT molecular complexity index is 1410. The first kappa shape index (κ1) is 18.4. The van der Waals surface area contributed by atoms with Crippen LogP contribution in [0.1, 0.15) is 21.5 Å². The zero-order valence-corrected chi connectivity index (χ0v) is 17.6. The van der Waals surface area contributed by atoms with E-state index >= 15 is 0 Å². The van der Waals surface area contributed by atoms with E-state index in [1.807, 2.05) is 72.0 Å². The lowest BCUT2D eigenvalue weighted by Crippen LogP contribution is -2.04. The Morgan fingerprint density at radius 2 is 1.83 bits per heavy atom. The number of aryl methyl sites for hydroxylation is 1. The first-order valence-electron chi connectivity index (χ1n) is 9.36. The minimum atomic E-state index is -0.0359. The van der Waals surface area contributed by atoms with Gasteiger partial charge in [0.15, 0.2) is 11.6 Å². The minimum Gasteiger partial charge on any atom is -0.337 e. The van der Waals surface area contributed by atoms with E-state index in [-0.39, 0.29) is 5.78 Å². The fourth-order valence-corrected chi connectivity index (χ4v) is 3.64. The third kappa shape index (κ3) is 3.23. The standard InChI is InChI=1S/C23H16BrN5O/c1-14-11-17(8-9-18(14)24)26-22-23-28-25-13-29(23)20-12-16(7-10-19(20)27-22)21(30)15-5-3-2-4-6-15/h2-13H,1H3,(H,26,27). The molecule has 6 nitrogen and oxygen atoms in total. The summed E-state index contributed by atoms with van der Waals surface area (Å²) in [5.41, 5.74) is 5.36. The summed E-state index contributed by atoms with van der Waals surface area (Å²) in [5.74, 6) is 0.565. The average molecular weight is 458 g/mol. The van der Waals surface area contributed by atoms with Gasteiger partial charge in [-0.3, -0.25) is 9.20 Å². The van der Waals surface area contributed by atoms with Crippen molar-refractivity contribution >= 4 is 49.9 Å². The van der Waals surface area contributed by atoms with Crippen molar-refractivity contribution in [2.75, 3.05) is 5.32 Å². The third-order valence-electron chi connectivity index (χ3n) is 4.95. The maximum absolute atomic E-state index is 12.9. The number of rotatable bonds is 4. The van der Waals surface area contributed by atoms with Crippen LogP contribution in [-0.2, 0) is 0 Å². The van der Waals surface area contributed by atoms with Gasteiger partial charge in [0.2, 0.25) is 5.65 Å². The highest BCUT2D eigenvalue weighted by molar-refractivity contribution is 9.10. The van der Waals surface area contributed by atoms with E-state index in [0.717, 1.165) is 26.8 Å². The molecule has 0 fully saturated rings. The number of benzene rings is 3. The van der Waals surface area contributed by atoms with Gasteiger partial charge < -0.3 is 5.32 Å². The van der Waals surface area contributed by atoms with Gasteiger partial charge in [-0.15, -0.1) is 10.2 Å². The van der Waals surface area contributed by atoms with Crippen molar-refractivity contribution in [3.05, 3.63) is 94.2 Å². The molecule has 5 rings (SSSR count). The molecule has 3 aromatic carbocycles. The van der Waals surface area contributed by atoms with Crippen LogP contribution in [-0.4, -0.2) is 25.4 Å². The van der Waals surface area contributed by atoms with E-state index in [9.17, 15) is 4.79 Å². The smallest absolute Gasteiger partial charge is 0.204 e. The van der Waals surface area contributed by atoms with Crippen LogP contribution in [0.3, 0.4) is 0 Å². The number of ketones is 1. The van der Waals surface area contributed by atoms with Crippen LogP contribution in [0.15, 0.2) is 77.5 Å². The van der Waals surface area contributed by atoms with Crippen LogP contribution in [0.25, 0.3) is 16.7 Å². The van der Waals surface area contributed by atoms with E-state index in [1.54, 1.807) is 12.4 Å². The van der Waals surface area contributed by atoms with Gasteiger partial charge in [0.25, 0.3) is 0 Å². The quantitative estimate of drug-likeness (QED) is 0.369. The molecular weight excluding hydrogens is 442 g/mol. The highest BCUT2D eigenvalue weighted by Gasteiger charge is 2.14. The molecule has 5 aromatic rings. The van der Waals surface area contributed by atoms with E-state index < -0.39 is 0 Å². The SMILES string of the molecule is Cc1cc(Nc2nc3ccc(C(=O)c4ccccc4)cc3n3cnnc23)ccc1Br. The molecule has 7 heteroatoms. The Kier molecular flexibility index (Phi) is 4.52. The molecule has 30 heavy (non-hydrogen) atoms. The number of carbonyl (C=O) groups is 1. The molecule has 0 radical (unpaired) electrons. The number of nitrogens with zero attached hydrogens (tertiary/aromatic N) is 4. The predicted octanol–water partition coefficient (Wildman–Crippen LogP) is 5.32. The Hall–Kier alpha value is -3.58. The maximum Gasteiger partial charge on any atom is 0.204 e. The first-order chi connectivity index (χ1) is 14.6. The molecule has 0 aliphatic carbocycles. The summed E-state index contributed by atoms with van der Waals surface area (Å²) in [4.78, 5) is 17.6. The maximum atomic E-state index is 12.9. The minimum absolute atomic E-state index is 0.0359. The van der Waals surface area contributed by atoms with Crippen LogP contribution >= 0.6 is 15.9 Å². The van der Waals surface area contributed by atoms with Crippen molar-refractivity contribution in [1.82, 2.24) is 19.6 Å². The lowest BCUT2D eigenvalue weighted by atomic mass is 10.0. The number of nitrogens with one attached hydrogen (secondary N) is 1. The number of hydrogen-bond donors (Lipinski definition) is 1. The van der Waals surface area contributed by atoms with Crippen LogP contribution < -0.4 is 5.32 Å². The lowest BCUT2D eigenvalue weighted by molar-refractivity contribution is 0.103. The molecule has 0 spiro atoms. The van der Waals surface area contributed by atoms with Gasteiger partial charge in [0.1, 0.15) is 6.33 Å². The number of fused-ring (bicyclic) bond motifs is 3. The second kappa shape index (κ2) is 7.35. The average Bonchev–Trinajstić information content (AvgIpc) is 3.27. The van der Waals surface area contributed by atoms with Gasteiger partial charge in [0, 0.05) is 21.3 Å². The number of aromatic nitrogens is 4. The number of hydrogen-bond acceptors (Lipinski definition) is 5. The lowest BCUT2D eigenvalue weighted by Gasteiger charge is -2.11. The Morgan fingerprint density at radius 1 is 1.00 bits per heavy atom. The molecule has 0 atom stereocenters. The van der Waals surface area contributed by atoms with Gasteiger partial charge in [-0.1, -0.05) is 46.3 Å². The molecule has 0 aliphatic rings. The fraction of sp³-hybridized carbons (Fsp3) is 0.0435. The Labute approximate surface area is 180 Å². The van der Waals surface area contributed by atoms with Crippen LogP contribution in [0.4, 0.5) is 11.5 Å². The highest BCUT2D eigenvalue weighted by atomic mass is 79.9. The van der Waals surface area contributed by atoms with Crippen LogP contribution in [0, 0.1) is 6.92 Å². The largest absolute Gasteiger partial charge is 0.337 e. The van der Waals surface area contributed by atoms with E-state index in [2.05, 4.69) is 31.4 Å². The molecule has 0 aliphatic heterocycles. The molecular formula is C23H16BrN5O. The summed E-state index contributed by atoms with van der Waals surface area (Å²) >= 11 is 3.52. The summed E-state index contributed by atoms with van der Waals surface area (Å²) in [6, 6.07) is 20.7. The van der Waals surface area contributed by atoms with Crippen LogP contribution in [0.5, 0.6) is 0 Å². The van der Waals surface area contributed by atoms with Crippen molar-refractivity contribution in [2.24, 2.45) is 0 Å². The summed E-state index contributed by atoms with van der Waals surface area (Å²) in [6.07, 6.45) is 1.63. The molecule has 2 heterocycles. The topological polar surface area (TPSA) is 72.2 Å². The molecule has 0 unspecified atom stereocenters. The van der Waals surface area contributed by atoms with Gasteiger partial charge in [-0.05, 0) is 48.9 Å². The molecule has 146 valence electrons. The summed E-state index contributed by atoms with van der Waals surface area (Å²) in [5, 5.41) is 11.6. The highest BCUT2D eigenvalue weighted by Crippen LogP contribution is 2.27. The van der Waals surface area contributed by atoms with Gasteiger partial charge >= 0.3 is 0 Å². The Balaban J connectivity index is 1.60. The molecule has 0 saturated heterocycles. The third-order valence-corrected chi connectivity index (χ3v) is 5.84. The van der Waals surface area contributed by atoms with Gasteiger partial charge in [-0.25, -0.2) is 4.98 Å². The number of halogens is 1. The number of carbonyl (C=O) groups excluding carboxylic acids is 1. The molecule has 0 saturated carbocycles. The van der Waals surface area contributed by atoms with Gasteiger partial charge in [0.05, 0.1) is 11.0 Å². The van der Waals surface area contributed by atoms with E-state index in [0.29, 0.717) is 22.6 Å². The Morgan fingerprint density at radius 3 is 2.63 bits per heavy atom. The summed E-state index contributed by atoms with van der Waals surface area (Å²) < 4.78 is 2.89. The van der Waals surface area contributed by atoms with Gasteiger partial charge in [-0.2, -0.15) is 0 Å². The number of anilines is 2. The second-order valence-electron chi connectivity index (χ2n) is 6.97. The van der Waals surface area contributed by atoms with Crippen molar-refractivity contribution in [2.45, 2.75) is 6.92 Å².